The first-order valence-electron chi connectivity index (χ1n) is 6.49. The second kappa shape index (κ2) is 6.38. The third-order valence-corrected chi connectivity index (χ3v) is 2.84. The van der Waals surface area contributed by atoms with Crippen molar-refractivity contribution in [3.8, 4) is 11.5 Å². The Bertz CT molecular complexity index is 566. The van der Waals surface area contributed by atoms with Gasteiger partial charge < -0.3 is 15.2 Å². The summed E-state index contributed by atoms with van der Waals surface area (Å²) in [6.07, 6.45) is 2.56. The van der Waals surface area contributed by atoms with Gasteiger partial charge in [-0.2, -0.15) is 0 Å². The lowest BCUT2D eigenvalue weighted by atomic mass is 10.1. The van der Waals surface area contributed by atoms with Crippen LogP contribution in [0.15, 0.2) is 24.4 Å². The molecule has 1 aromatic carbocycles. The number of rotatable bonds is 6. The molecule has 6 nitrogen and oxygen atoms in total. The predicted octanol–water partition coefficient (Wildman–Crippen LogP) is 1.29. The monoisotopic (exact) mass is 276 g/mol. The van der Waals surface area contributed by atoms with Gasteiger partial charge >= 0.3 is 0 Å². The maximum atomic E-state index is 5.87. The van der Waals surface area contributed by atoms with Crippen LogP contribution in [0.5, 0.6) is 11.5 Å². The largest absolute Gasteiger partial charge is 0.497 e. The van der Waals surface area contributed by atoms with E-state index < -0.39 is 0 Å². The fourth-order valence-electron chi connectivity index (χ4n) is 1.94. The van der Waals surface area contributed by atoms with Gasteiger partial charge in [-0.15, -0.1) is 5.10 Å². The van der Waals surface area contributed by atoms with E-state index in [-0.39, 0.29) is 6.04 Å². The van der Waals surface area contributed by atoms with E-state index in [1.54, 1.807) is 11.8 Å². The first-order valence-corrected chi connectivity index (χ1v) is 6.49. The lowest BCUT2D eigenvalue weighted by Crippen LogP contribution is -2.18. The molecule has 0 saturated heterocycles. The minimum absolute atomic E-state index is 0.0565. The number of aryl methyl sites for hydroxylation is 1. The first kappa shape index (κ1) is 14.3. The fraction of sp³-hybridized carbons (Fsp3) is 0.429. The molecule has 0 radical (unpaired) electrons. The highest BCUT2D eigenvalue weighted by Crippen LogP contribution is 2.25. The lowest BCUT2D eigenvalue weighted by Gasteiger charge is -2.13. The third-order valence-electron chi connectivity index (χ3n) is 2.84. The van der Waals surface area contributed by atoms with Crippen molar-refractivity contribution in [1.82, 2.24) is 15.0 Å². The van der Waals surface area contributed by atoms with E-state index in [2.05, 4.69) is 10.3 Å². The summed E-state index contributed by atoms with van der Waals surface area (Å²) in [6, 6.07) is 5.78. The molecule has 108 valence electrons. The van der Waals surface area contributed by atoms with Crippen molar-refractivity contribution in [2.45, 2.75) is 26.0 Å². The zero-order chi connectivity index (χ0) is 14.5. The molecule has 0 aliphatic carbocycles. The molecular formula is C14H20N4O2. The maximum absolute atomic E-state index is 5.87. The van der Waals surface area contributed by atoms with E-state index in [0.29, 0.717) is 6.61 Å². The number of hydrogen-bond donors (Lipinski definition) is 1. The van der Waals surface area contributed by atoms with Gasteiger partial charge in [0.2, 0.25) is 0 Å². The highest BCUT2D eigenvalue weighted by molar-refractivity contribution is 5.40. The van der Waals surface area contributed by atoms with Gasteiger partial charge in [-0.25, -0.2) is 0 Å². The van der Waals surface area contributed by atoms with Crippen molar-refractivity contribution in [1.29, 1.82) is 0 Å². The fourth-order valence-corrected chi connectivity index (χ4v) is 1.94. The molecule has 2 aromatic rings. The van der Waals surface area contributed by atoms with Gasteiger partial charge in [-0.05, 0) is 37.1 Å². The van der Waals surface area contributed by atoms with E-state index in [1.165, 1.54) is 0 Å². The molecule has 20 heavy (non-hydrogen) atoms. The Kier molecular flexibility index (Phi) is 4.57. The normalized spacial score (nSPS) is 12.2. The van der Waals surface area contributed by atoms with Crippen molar-refractivity contribution in [3.05, 3.63) is 35.7 Å². The highest BCUT2D eigenvalue weighted by atomic mass is 16.5. The highest BCUT2D eigenvalue weighted by Gasteiger charge is 2.09. The van der Waals surface area contributed by atoms with Crippen LogP contribution in [0.3, 0.4) is 0 Å². The Balaban J connectivity index is 2.12. The zero-order valence-electron chi connectivity index (χ0n) is 12.0. The van der Waals surface area contributed by atoms with Gasteiger partial charge in [-0.1, -0.05) is 5.21 Å². The van der Waals surface area contributed by atoms with Crippen molar-refractivity contribution in [3.63, 3.8) is 0 Å². The Labute approximate surface area is 118 Å². The molecule has 0 amide bonds. The van der Waals surface area contributed by atoms with Gasteiger partial charge in [-0.3, -0.25) is 4.68 Å². The third kappa shape index (κ3) is 3.71. The van der Waals surface area contributed by atoms with E-state index in [0.717, 1.165) is 29.2 Å². The average Bonchev–Trinajstić information content (AvgIpc) is 2.82. The summed E-state index contributed by atoms with van der Waals surface area (Å²) in [5.41, 5.74) is 7.69. The van der Waals surface area contributed by atoms with E-state index in [9.17, 15) is 0 Å². The first-order chi connectivity index (χ1) is 9.58. The van der Waals surface area contributed by atoms with Gasteiger partial charge in [0.25, 0.3) is 0 Å². The minimum Gasteiger partial charge on any atom is -0.497 e. The number of ether oxygens (including phenoxy) is 2. The van der Waals surface area contributed by atoms with Gasteiger partial charge in [0, 0.05) is 13.1 Å². The van der Waals surface area contributed by atoms with Crippen LogP contribution in [-0.2, 0) is 20.1 Å². The van der Waals surface area contributed by atoms with E-state index in [1.807, 2.05) is 38.4 Å². The molecule has 1 heterocycles. The molecule has 1 unspecified atom stereocenters. The summed E-state index contributed by atoms with van der Waals surface area (Å²) in [5, 5.41) is 7.87. The van der Waals surface area contributed by atoms with Crippen molar-refractivity contribution >= 4 is 0 Å². The summed E-state index contributed by atoms with van der Waals surface area (Å²) in [6.45, 7) is 2.35. The van der Waals surface area contributed by atoms with Crippen LogP contribution in [0.25, 0.3) is 0 Å². The molecule has 1 aromatic heterocycles. The van der Waals surface area contributed by atoms with Gasteiger partial charge in [0.05, 0.1) is 13.3 Å². The number of aromatic nitrogens is 3. The molecule has 0 fully saturated rings. The van der Waals surface area contributed by atoms with E-state index in [4.69, 9.17) is 15.2 Å². The number of methoxy groups -OCH3 is 1. The van der Waals surface area contributed by atoms with Crippen molar-refractivity contribution in [2.75, 3.05) is 7.11 Å². The molecule has 0 spiro atoms. The number of nitrogens with two attached hydrogens (primary N) is 1. The maximum Gasteiger partial charge on any atom is 0.134 e. The number of benzene rings is 1. The molecule has 0 aliphatic rings. The molecule has 0 saturated carbocycles. The Morgan fingerprint density at radius 1 is 1.40 bits per heavy atom. The van der Waals surface area contributed by atoms with Crippen LogP contribution >= 0.6 is 0 Å². The summed E-state index contributed by atoms with van der Waals surface area (Å²) < 4.78 is 12.7. The van der Waals surface area contributed by atoms with Crippen LogP contribution in [0.4, 0.5) is 0 Å². The Hall–Kier alpha value is -2.08. The quantitative estimate of drug-likeness (QED) is 0.860. The molecule has 0 bridgehead atoms. The van der Waals surface area contributed by atoms with Crippen LogP contribution in [0, 0.1) is 0 Å². The summed E-state index contributed by atoms with van der Waals surface area (Å²) in [7, 11) is 3.47. The summed E-state index contributed by atoms with van der Waals surface area (Å²) >= 11 is 0. The second-order valence-electron chi connectivity index (χ2n) is 4.83. The van der Waals surface area contributed by atoms with Crippen LogP contribution in [0.1, 0.15) is 18.2 Å². The molecule has 2 N–H and O–H groups in total. The lowest BCUT2D eigenvalue weighted by molar-refractivity contribution is 0.296. The van der Waals surface area contributed by atoms with E-state index >= 15 is 0 Å². The molecule has 2 rings (SSSR count). The van der Waals surface area contributed by atoms with Crippen molar-refractivity contribution < 1.29 is 9.47 Å². The van der Waals surface area contributed by atoms with Crippen molar-refractivity contribution in [2.24, 2.45) is 12.8 Å². The minimum atomic E-state index is 0.0565. The summed E-state index contributed by atoms with van der Waals surface area (Å²) in [5.74, 6) is 1.60. The molecule has 6 heteroatoms. The Morgan fingerprint density at radius 3 is 2.80 bits per heavy atom. The molecule has 1 atom stereocenters. The topological polar surface area (TPSA) is 75.2 Å². The standard InChI is InChI=1S/C14H20N4O2/c1-10(15)6-11-7-13(19-3)4-5-14(11)20-9-12-8-18(2)17-16-12/h4-5,7-8,10H,6,9,15H2,1-3H3. The smallest absolute Gasteiger partial charge is 0.134 e. The number of nitrogens with zero attached hydrogens (tertiary/aromatic N) is 3. The predicted molar refractivity (Wildman–Crippen MR) is 75.7 cm³/mol. The average molecular weight is 276 g/mol. The Morgan fingerprint density at radius 2 is 2.20 bits per heavy atom. The van der Waals surface area contributed by atoms with Crippen LogP contribution < -0.4 is 15.2 Å². The van der Waals surface area contributed by atoms with Crippen LogP contribution in [-0.4, -0.2) is 28.1 Å². The number of hydrogen-bond acceptors (Lipinski definition) is 5. The molecule has 0 aliphatic heterocycles. The van der Waals surface area contributed by atoms with Crippen LogP contribution in [0.2, 0.25) is 0 Å². The second-order valence-corrected chi connectivity index (χ2v) is 4.83. The van der Waals surface area contributed by atoms with Gasteiger partial charge in [0.1, 0.15) is 23.8 Å². The zero-order valence-corrected chi connectivity index (χ0v) is 12.0. The van der Waals surface area contributed by atoms with Gasteiger partial charge in [0.15, 0.2) is 0 Å². The molecular weight excluding hydrogens is 256 g/mol. The SMILES string of the molecule is COc1ccc(OCc2cn(C)nn2)c(CC(C)N)c1. The summed E-state index contributed by atoms with van der Waals surface area (Å²) in [4.78, 5) is 0.